The lowest BCUT2D eigenvalue weighted by Gasteiger charge is -2.14. The molecule has 0 saturated heterocycles. The Morgan fingerprint density at radius 1 is 1.26 bits per heavy atom. The van der Waals surface area contributed by atoms with Gasteiger partial charge in [-0.2, -0.15) is 5.10 Å². The minimum atomic E-state index is 0.842. The number of rotatable bonds is 4. The van der Waals surface area contributed by atoms with E-state index in [2.05, 4.69) is 34.0 Å². The number of aryl methyl sites for hydroxylation is 1. The Hall–Kier alpha value is -1.88. The zero-order chi connectivity index (χ0) is 13.2. The van der Waals surface area contributed by atoms with Crippen molar-refractivity contribution in [3.05, 3.63) is 41.5 Å². The maximum atomic E-state index is 5.83. The predicted octanol–water partition coefficient (Wildman–Crippen LogP) is 1.79. The van der Waals surface area contributed by atoms with E-state index in [-0.39, 0.29) is 0 Å². The average Bonchev–Trinajstić information content (AvgIpc) is 2.97. The van der Waals surface area contributed by atoms with Gasteiger partial charge in [0.1, 0.15) is 12.2 Å². The van der Waals surface area contributed by atoms with Gasteiger partial charge in [-0.3, -0.25) is 4.90 Å². The number of fused-ring (bicyclic) bond motifs is 1. The van der Waals surface area contributed by atoms with Gasteiger partial charge in [0.15, 0.2) is 0 Å². The fourth-order valence-electron chi connectivity index (χ4n) is 2.61. The summed E-state index contributed by atoms with van der Waals surface area (Å²) in [4.78, 5) is 6.74. The molecule has 1 aromatic carbocycles. The lowest BCUT2D eigenvalue weighted by molar-refractivity contribution is 0.261. The Labute approximate surface area is 113 Å². The third-order valence-corrected chi connectivity index (χ3v) is 3.51. The molecule has 19 heavy (non-hydrogen) atoms. The molecule has 0 atom stereocenters. The standard InChI is InChI=1S/C14H19N5/c1-2-5-19-14(16-10-17-19)9-18-7-11-3-4-13(15)6-12(11)8-18/h3-4,6,10H,2,5,7-9,15H2,1H3. The number of aromatic nitrogens is 3. The van der Waals surface area contributed by atoms with Crippen LogP contribution in [0.25, 0.3) is 0 Å². The van der Waals surface area contributed by atoms with Crippen LogP contribution in [0.15, 0.2) is 24.5 Å². The van der Waals surface area contributed by atoms with Crippen LogP contribution in [-0.2, 0) is 26.2 Å². The number of anilines is 1. The van der Waals surface area contributed by atoms with Crippen molar-refractivity contribution in [3.8, 4) is 0 Å². The van der Waals surface area contributed by atoms with E-state index in [9.17, 15) is 0 Å². The van der Waals surface area contributed by atoms with E-state index in [1.165, 1.54) is 11.1 Å². The van der Waals surface area contributed by atoms with E-state index >= 15 is 0 Å². The lowest BCUT2D eigenvalue weighted by atomic mass is 10.1. The first-order valence-corrected chi connectivity index (χ1v) is 6.72. The molecule has 0 saturated carbocycles. The third-order valence-electron chi connectivity index (χ3n) is 3.51. The predicted molar refractivity (Wildman–Crippen MR) is 74.1 cm³/mol. The van der Waals surface area contributed by atoms with Crippen molar-refractivity contribution in [1.82, 2.24) is 19.7 Å². The van der Waals surface area contributed by atoms with Crippen LogP contribution in [0, 0.1) is 0 Å². The van der Waals surface area contributed by atoms with Gasteiger partial charge in [0.25, 0.3) is 0 Å². The van der Waals surface area contributed by atoms with Crippen LogP contribution >= 0.6 is 0 Å². The quantitative estimate of drug-likeness (QED) is 0.848. The summed E-state index contributed by atoms with van der Waals surface area (Å²) in [6.45, 7) is 5.84. The van der Waals surface area contributed by atoms with Crippen LogP contribution in [0.5, 0.6) is 0 Å². The number of benzene rings is 1. The molecular weight excluding hydrogens is 238 g/mol. The molecule has 0 aliphatic carbocycles. The largest absolute Gasteiger partial charge is 0.399 e. The van der Waals surface area contributed by atoms with E-state index < -0.39 is 0 Å². The highest BCUT2D eigenvalue weighted by molar-refractivity contribution is 5.46. The van der Waals surface area contributed by atoms with Gasteiger partial charge in [-0.1, -0.05) is 13.0 Å². The van der Waals surface area contributed by atoms with Crippen LogP contribution in [0.1, 0.15) is 30.3 Å². The molecule has 1 aliphatic rings. The molecule has 2 heterocycles. The van der Waals surface area contributed by atoms with Gasteiger partial charge in [-0.15, -0.1) is 0 Å². The maximum Gasteiger partial charge on any atom is 0.141 e. The summed E-state index contributed by atoms with van der Waals surface area (Å²) in [5.74, 6) is 1.04. The normalized spacial score (nSPS) is 14.8. The molecule has 0 radical (unpaired) electrons. The molecule has 5 heteroatoms. The van der Waals surface area contributed by atoms with Gasteiger partial charge in [0.05, 0.1) is 6.54 Å². The number of nitrogens with zero attached hydrogens (tertiary/aromatic N) is 4. The molecule has 2 aromatic rings. The summed E-state index contributed by atoms with van der Waals surface area (Å²) in [7, 11) is 0. The van der Waals surface area contributed by atoms with Gasteiger partial charge in [0, 0.05) is 25.3 Å². The van der Waals surface area contributed by atoms with Crippen LogP contribution < -0.4 is 5.73 Å². The Morgan fingerprint density at radius 3 is 2.95 bits per heavy atom. The van der Waals surface area contributed by atoms with Crippen LogP contribution in [0.4, 0.5) is 5.69 Å². The molecule has 1 aromatic heterocycles. The lowest BCUT2D eigenvalue weighted by Crippen LogP contribution is -2.19. The SMILES string of the molecule is CCCn1ncnc1CN1Cc2ccc(N)cc2C1. The Morgan fingerprint density at radius 2 is 2.11 bits per heavy atom. The molecule has 0 unspecified atom stereocenters. The minimum absolute atomic E-state index is 0.842. The monoisotopic (exact) mass is 257 g/mol. The first-order valence-electron chi connectivity index (χ1n) is 6.72. The highest BCUT2D eigenvalue weighted by atomic mass is 15.3. The van der Waals surface area contributed by atoms with Crippen molar-refractivity contribution in [2.24, 2.45) is 0 Å². The molecule has 1 aliphatic heterocycles. The van der Waals surface area contributed by atoms with Crippen molar-refractivity contribution >= 4 is 5.69 Å². The molecule has 0 bridgehead atoms. The number of nitrogens with two attached hydrogens (primary N) is 1. The fourth-order valence-corrected chi connectivity index (χ4v) is 2.61. The van der Waals surface area contributed by atoms with Crippen molar-refractivity contribution in [2.75, 3.05) is 5.73 Å². The van der Waals surface area contributed by atoms with Gasteiger partial charge < -0.3 is 5.73 Å². The van der Waals surface area contributed by atoms with Gasteiger partial charge in [0.2, 0.25) is 0 Å². The summed E-state index contributed by atoms with van der Waals surface area (Å²) < 4.78 is 2.00. The Bertz CT molecular complexity index is 575. The maximum absolute atomic E-state index is 5.83. The zero-order valence-electron chi connectivity index (χ0n) is 11.2. The van der Waals surface area contributed by atoms with E-state index in [1.807, 2.05) is 10.7 Å². The second kappa shape index (κ2) is 5.01. The first-order chi connectivity index (χ1) is 9.26. The van der Waals surface area contributed by atoms with Crippen molar-refractivity contribution < 1.29 is 0 Å². The van der Waals surface area contributed by atoms with Crippen LogP contribution in [0.2, 0.25) is 0 Å². The molecule has 3 rings (SSSR count). The second-order valence-corrected chi connectivity index (χ2v) is 5.07. The number of hydrogen-bond acceptors (Lipinski definition) is 4. The van der Waals surface area contributed by atoms with Crippen LogP contribution in [0.3, 0.4) is 0 Å². The molecule has 0 fully saturated rings. The van der Waals surface area contributed by atoms with Crippen LogP contribution in [-0.4, -0.2) is 19.7 Å². The molecule has 0 amide bonds. The topological polar surface area (TPSA) is 60.0 Å². The summed E-state index contributed by atoms with van der Waals surface area (Å²) in [6.07, 6.45) is 2.72. The molecule has 5 nitrogen and oxygen atoms in total. The van der Waals surface area contributed by atoms with Crippen molar-refractivity contribution in [2.45, 2.75) is 39.5 Å². The zero-order valence-corrected chi connectivity index (χ0v) is 11.2. The number of hydrogen-bond donors (Lipinski definition) is 1. The molecular formula is C14H19N5. The van der Waals surface area contributed by atoms with E-state index in [0.717, 1.165) is 44.1 Å². The summed E-state index contributed by atoms with van der Waals surface area (Å²) in [5.41, 5.74) is 9.38. The second-order valence-electron chi connectivity index (χ2n) is 5.07. The highest BCUT2D eigenvalue weighted by Crippen LogP contribution is 2.25. The van der Waals surface area contributed by atoms with Gasteiger partial charge in [-0.05, 0) is 29.7 Å². The number of nitrogen functional groups attached to an aromatic ring is 1. The Kier molecular flexibility index (Phi) is 3.21. The minimum Gasteiger partial charge on any atom is -0.399 e. The summed E-state index contributed by atoms with van der Waals surface area (Å²) >= 11 is 0. The fraction of sp³-hybridized carbons (Fsp3) is 0.429. The van der Waals surface area contributed by atoms with Gasteiger partial charge >= 0.3 is 0 Å². The van der Waals surface area contributed by atoms with Crippen molar-refractivity contribution in [1.29, 1.82) is 0 Å². The Balaban J connectivity index is 1.71. The smallest absolute Gasteiger partial charge is 0.141 e. The molecule has 100 valence electrons. The summed E-state index contributed by atoms with van der Waals surface area (Å²) in [6, 6.07) is 6.18. The van der Waals surface area contributed by atoms with Crippen molar-refractivity contribution in [3.63, 3.8) is 0 Å². The summed E-state index contributed by atoms with van der Waals surface area (Å²) in [5, 5.41) is 4.27. The van der Waals surface area contributed by atoms with E-state index in [0.29, 0.717) is 0 Å². The molecule has 0 spiro atoms. The highest BCUT2D eigenvalue weighted by Gasteiger charge is 2.20. The molecule has 2 N–H and O–H groups in total. The van der Waals surface area contributed by atoms with Gasteiger partial charge in [-0.25, -0.2) is 9.67 Å². The third kappa shape index (κ3) is 2.46. The average molecular weight is 257 g/mol. The first kappa shape index (κ1) is 12.2. The van der Waals surface area contributed by atoms with E-state index in [1.54, 1.807) is 6.33 Å². The van der Waals surface area contributed by atoms with E-state index in [4.69, 9.17) is 5.73 Å².